The van der Waals surface area contributed by atoms with E-state index in [1.54, 1.807) is 13.0 Å². The zero-order valence-corrected chi connectivity index (χ0v) is 7.67. The maximum Gasteiger partial charge on any atom is 0.209 e. The molecule has 2 heterocycles. The molecule has 2 aromatic heterocycles. The zero-order chi connectivity index (χ0) is 9.26. The highest BCUT2D eigenvalue weighted by Gasteiger charge is 2.15. The molecule has 0 atom stereocenters. The Labute approximate surface area is 78.4 Å². The van der Waals surface area contributed by atoms with Crippen LogP contribution < -0.4 is 0 Å². The van der Waals surface area contributed by atoms with Crippen molar-refractivity contribution in [3.63, 3.8) is 0 Å². The van der Waals surface area contributed by atoms with E-state index in [0.717, 1.165) is 11.5 Å². The van der Waals surface area contributed by atoms with Gasteiger partial charge in [0.25, 0.3) is 0 Å². The van der Waals surface area contributed by atoms with Gasteiger partial charge in [0.05, 0.1) is 17.5 Å². The molecule has 13 heavy (non-hydrogen) atoms. The van der Waals surface area contributed by atoms with Gasteiger partial charge in [0.2, 0.25) is 5.78 Å². The van der Waals surface area contributed by atoms with Crippen LogP contribution in [0.25, 0.3) is 0 Å². The first kappa shape index (κ1) is 8.12. The lowest BCUT2D eigenvalue weighted by atomic mass is 10.2. The van der Waals surface area contributed by atoms with E-state index in [9.17, 15) is 4.79 Å². The molecule has 0 saturated carbocycles. The van der Waals surface area contributed by atoms with Gasteiger partial charge in [-0.15, -0.1) is 5.10 Å². The van der Waals surface area contributed by atoms with E-state index in [1.807, 2.05) is 0 Å². The van der Waals surface area contributed by atoms with Crippen molar-refractivity contribution in [2.45, 2.75) is 6.92 Å². The predicted octanol–water partition coefficient (Wildman–Crippen LogP) is 1.67. The van der Waals surface area contributed by atoms with Crippen molar-refractivity contribution in [2.75, 3.05) is 0 Å². The first-order chi connectivity index (χ1) is 6.29. The number of aromatic nitrogens is 2. The molecular formula is C8H6N2O2S. The van der Waals surface area contributed by atoms with Crippen molar-refractivity contribution in [3.8, 4) is 0 Å². The van der Waals surface area contributed by atoms with Gasteiger partial charge < -0.3 is 4.42 Å². The zero-order valence-electron chi connectivity index (χ0n) is 6.85. The summed E-state index contributed by atoms with van der Waals surface area (Å²) in [7, 11) is 0. The number of furan rings is 1. The number of carbonyl (C=O) groups is 1. The summed E-state index contributed by atoms with van der Waals surface area (Å²) in [6, 6.07) is 1.63. The molecule has 66 valence electrons. The van der Waals surface area contributed by atoms with Gasteiger partial charge in [-0.25, -0.2) is 0 Å². The average molecular weight is 194 g/mol. The summed E-state index contributed by atoms with van der Waals surface area (Å²) in [5.74, 6) is -0.0822. The van der Waals surface area contributed by atoms with E-state index in [4.69, 9.17) is 4.42 Å². The quantitative estimate of drug-likeness (QED) is 0.682. The second kappa shape index (κ2) is 3.10. The molecule has 0 aliphatic rings. The molecular weight excluding hydrogens is 188 g/mol. The third-order valence-corrected chi connectivity index (χ3v) is 2.47. The number of nitrogens with zero attached hydrogens (tertiary/aromatic N) is 2. The van der Waals surface area contributed by atoms with Crippen molar-refractivity contribution < 1.29 is 9.21 Å². The van der Waals surface area contributed by atoms with Gasteiger partial charge in [-0.05, 0) is 24.5 Å². The van der Waals surface area contributed by atoms with Crippen LogP contribution in [-0.2, 0) is 0 Å². The second-order valence-electron chi connectivity index (χ2n) is 2.53. The van der Waals surface area contributed by atoms with Crippen LogP contribution in [0.3, 0.4) is 0 Å². The Kier molecular flexibility index (Phi) is 1.94. The van der Waals surface area contributed by atoms with E-state index < -0.39 is 0 Å². The predicted molar refractivity (Wildman–Crippen MR) is 46.8 cm³/mol. The Bertz CT molecular complexity index is 419. The van der Waals surface area contributed by atoms with Crippen molar-refractivity contribution >= 4 is 17.3 Å². The molecule has 0 aliphatic heterocycles. The molecule has 0 N–H and O–H groups in total. The standard InChI is InChI=1S/C8H6N2O2S/c1-5-8(13-10-9-5)7(11)6-2-3-12-4-6/h2-4H,1H3. The number of ketones is 1. The normalized spacial score (nSPS) is 10.2. The summed E-state index contributed by atoms with van der Waals surface area (Å²) in [6.45, 7) is 1.76. The van der Waals surface area contributed by atoms with Gasteiger partial charge >= 0.3 is 0 Å². The monoisotopic (exact) mass is 194 g/mol. The highest BCUT2D eigenvalue weighted by atomic mass is 32.1. The van der Waals surface area contributed by atoms with Crippen molar-refractivity contribution in [3.05, 3.63) is 34.7 Å². The van der Waals surface area contributed by atoms with Crippen LogP contribution in [0.1, 0.15) is 20.9 Å². The number of rotatable bonds is 2. The van der Waals surface area contributed by atoms with E-state index in [-0.39, 0.29) is 5.78 Å². The van der Waals surface area contributed by atoms with Gasteiger partial charge in [0.15, 0.2) is 0 Å². The lowest BCUT2D eigenvalue weighted by Crippen LogP contribution is -1.98. The molecule has 2 aromatic rings. The van der Waals surface area contributed by atoms with Crippen molar-refractivity contribution in [1.82, 2.24) is 9.59 Å². The summed E-state index contributed by atoms with van der Waals surface area (Å²) in [5.41, 5.74) is 1.20. The maximum atomic E-state index is 11.7. The molecule has 4 nitrogen and oxygen atoms in total. The minimum Gasteiger partial charge on any atom is -0.472 e. The van der Waals surface area contributed by atoms with Gasteiger partial charge in [0, 0.05) is 0 Å². The second-order valence-corrected chi connectivity index (χ2v) is 3.28. The third-order valence-electron chi connectivity index (χ3n) is 1.64. The Hall–Kier alpha value is -1.49. The Balaban J connectivity index is 2.39. The molecule has 0 amide bonds. The summed E-state index contributed by atoms with van der Waals surface area (Å²) in [6.07, 6.45) is 2.89. The topological polar surface area (TPSA) is 56.0 Å². The molecule has 0 aromatic carbocycles. The van der Waals surface area contributed by atoms with Gasteiger partial charge in [-0.3, -0.25) is 4.79 Å². The highest BCUT2D eigenvalue weighted by molar-refractivity contribution is 7.08. The van der Waals surface area contributed by atoms with Crippen LogP contribution in [0.2, 0.25) is 0 Å². The first-order valence-electron chi connectivity index (χ1n) is 3.65. The summed E-state index contributed by atoms with van der Waals surface area (Å²) >= 11 is 1.10. The van der Waals surface area contributed by atoms with Crippen LogP contribution in [0.15, 0.2) is 23.0 Å². The first-order valence-corrected chi connectivity index (χ1v) is 4.42. The summed E-state index contributed by atoms with van der Waals surface area (Å²) in [5, 5.41) is 3.76. The summed E-state index contributed by atoms with van der Waals surface area (Å²) in [4.78, 5) is 12.2. The largest absolute Gasteiger partial charge is 0.472 e. The van der Waals surface area contributed by atoms with Gasteiger partial charge in [-0.2, -0.15) is 0 Å². The highest BCUT2D eigenvalue weighted by Crippen LogP contribution is 2.15. The Morgan fingerprint density at radius 1 is 1.62 bits per heavy atom. The van der Waals surface area contributed by atoms with Crippen molar-refractivity contribution in [2.24, 2.45) is 0 Å². The molecule has 0 unspecified atom stereocenters. The Morgan fingerprint density at radius 2 is 2.46 bits per heavy atom. The van der Waals surface area contributed by atoms with E-state index in [2.05, 4.69) is 9.59 Å². The van der Waals surface area contributed by atoms with Crippen LogP contribution in [0.5, 0.6) is 0 Å². The molecule has 0 aliphatic carbocycles. The lowest BCUT2D eigenvalue weighted by Gasteiger charge is -1.90. The molecule has 0 bridgehead atoms. The molecule has 0 fully saturated rings. The fourth-order valence-electron chi connectivity index (χ4n) is 0.964. The summed E-state index contributed by atoms with van der Waals surface area (Å²) < 4.78 is 8.51. The maximum absolute atomic E-state index is 11.7. The van der Waals surface area contributed by atoms with Gasteiger partial charge in [-0.1, -0.05) is 4.49 Å². The fraction of sp³-hybridized carbons (Fsp3) is 0.125. The average Bonchev–Trinajstić information content (AvgIpc) is 2.72. The van der Waals surface area contributed by atoms with Crippen LogP contribution in [0, 0.1) is 6.92 Å². The number of hydrogen-bond acceptors (Lipinski definition) is 5. The number of aryl methyl sites for hydroxylation is 1. The smallest absolute Gasteiger partial charge is 0.209 e. The van der Waals surface area contributed by atoms with Crippen LogP contribution in [0.4, 0.5) is 0 Å². The van der Waals surface area contributed by atoms with Crippen LogP contribution in [-0.4, -0.2) is 15.4 Å². The SMILES string of the molecule is Cc1nnsc1C(=O)c1ccoc1. The van der Waals surface area contributed by atoms with Crippen LogP contribution >= 0.6 is 11.5 Å². The number of hydrogen-bond donors (Lipinski definition) is 0. The molecule has 2 rings (SSSR count). The minimum atomic E-state index is -0.0822. The lowest BCUT2D eigenvalue weighted by molar-refractivity contribution is 0.104. The fourth-order valence-corrected chi connectivity index (χ4v) is 1.58. The minimum absolute atomic E-state index is 0.0822. The van der Waals surface area contributed by atoms with Crippen molar-refractivity contribution in [1.29, 1.82) is 0 Å². The van der Waals surface area contributed by atoms with Gasteiger partial charge in [0.1, 0.15) is 11.1 Å². The molecule has 5 heteroatoms. The Morgan fingerprint density at radius 3 is 3.00 bits per heavy atom. The van der Waals surface area contributed by atoms with E-state index in [0.29, 0.717) is 16.1 Å². The molecule has 0 spiro atoms. The molecule has 0 saturated heterocycles. The van der Waals surface area contributed by atoms with E-state index in [1.165, 1.54) is 12.5 Å². The molecule has 0 radical (unpaired) electrons. The number of carbonyl (C=O) groups excluding carboxylic acids is 1. The third kappa shape index (κ3) is 1.38. The van der Waals surface area contributed by atoms with E-state index >= 15 is 0 Å².